The van der Waals surface area contributed by atoms with Gasteiger partial charge in [-0.2, -0.15) is 0 Å². The molecule has 2 atom stereocenters. The summed E-state index contributed by atoms with van der Waals surface area (Å²) in [6.07, 6.45) is 2.19. The lowest BCUT2D eigenvalue weighted by Crippen LogP contribution is -2.26. The van der Waals surface area contributed by atoms with E-state index in [-0.39, 0.29) is 6.10 Å². The average Bonchev–Trinajstić information content (AvgIpc) is 2.39. The standard InChI is InChI=1S/C13H17ClO3/c1-16-11-6-5-9(14)8-10(11)13(15)12-4-2-3-7-17-12/h5-6,8,12-13,15H,2-4,7H2,1H3. The first-order chi connectivity index (χ1) is 8.22. The summed E-state index contributed by atoms with van der Waals surface area (Å²) in [7, 11) is 1.58. The van der Waals surface area contributed by atoms with Gasteiger partial charge in [0.25, 0.3) is 0 Å². The van der Waals surface area contributed by atoms with Gasteiger partial charge in [-0.25, -0.2) is 0 Å². The number of rotatable bonds is 3. The highest BCUT2D eigenvalue weighted by Gasteiger charge is 2.26. The Morgan fingerprint density at radius 1 is 1.47 bits per heavy atom. The van der Waals surface area contributed by atoms with Crippen molar-refractivity contribution in [2.75, 3.05) is 13.7 Å². The van der Waals surface area contributed by atoms with Crippen LogP contribution in [0.25, 0.3) is 0 Å². The van der Waals surface area contributed by atoms with Gasteiger partial charge in [0, 0.05) is 17.2 Å². The van der Waals surface area contributed by atoms with E-state index in [1.165, 1.54) is 0 Å². The number of benzene rings is 1. The van der Waals surface area contributed by atoms with Crippen LogP contribution in [0.15, 0.2) is 18.2 Å². The van der Waals surface area contributed by atoms with E-state index >= 15 is 0 Å². The first-order valence-electron chi connectivity index (χ1n) is 5.85. The zero-order valence-electron chi connectivity index (χ0n) is 9.86. The summed E-state index contributed by atoms with van der Waals surface area (Å²) >= 11 is 5.95. The third-order valence-corrected chi connectivity index (χ3v) is 3.31. The van der Waals surface area contributed by atoms with Gasteiger partial charge in [0.1, 0.15) is 11.9 Å². The molecule has 1 N–H and O–H groups in total. The minimum Gasteiger partial charge on any atom is -0.496 e. The third-order valence-electron chi connectivity index (χ3n) is 3.08. The average molecular weight is 257 g/mol. The van der Waals surface area contributed by atoms with Crippen molar-refractivity contribution >= 4 is 11.6 Å². The van der Waals surface area contributed by atoms with Crippen LogP contribution in [0, 0.1) is 0 Å². The van der Waals surface area contributed by atoms with E-state index in [0.717, 1.165) is 19.3 Å². The van der Waals surface area contributed by atoms with Crippen LogP contribution in [0.2, 0.25) is 5.02 Å². The normalized spacial score (nSPS) is 22.2. The summed E-state index contributed by atoms with van der Waals surface area (Å²) in [6.45, 7) is 0.713. The van der Waals surface area contributed by atoms with Crippen molar-refractivity contribution in [3.05, 3.63) is 28.8 Å². The lowest BCUT2D eigenvalue weighted by atomic mass is 9.97. The molecule has 94 valence electrons. The zero-order valence-corrected chi connectivity index (χ0v) is 10.6. The molecule has 0 amide bonds. The Kier molecular flexibility index (Phi) is 4.26. The lowest BCUT2D eigenvalue weighted by molar-refractivity contribution is -0.0639. The molecule has 0 aliphatic carbocycles. The van der Waals surface area contributed by atoms with Crippen molar-refractivity contribution in [2.45, 2.75) is 31.5 Å². The summed E-state index contributed by atoms with van der Waals surface area (Å²) in [5.41, 5.74) is 0.701. The second kappa shape index (κ2) is 5.71. The molecule has 4 heteroatoms. The Labute approximate surface area is 106 Å². The van der Waals surface area contributed by atoms with Crippen LogP contribution in [0.4, 0.5) is 0 Å². The Balaban J connectivity index is 2.21. The molecular weight excluding hydrogens is 240 g/mol. The summed E-state index contributed by atoms with van der Waals surface area (Å²) < 4.78 is 10.8. The maximum atomic E-state index is 10.3. The van der Waals surface area contributed by atoms with Crippen LogP contribution in [0.5, 0.6) is 5.75 Å². The van der Waals surface area contributed by atoms with Gasteiger partial charge in [0.15, 0.2) is 0 Å². The molecule has 2 rings (SSSR count). The second-order valence-electron chi connectivity index (χ2n) is 4.24. The highest BCUT2D eigenvalue weighted by atomic mass is 35.5. The first kappa shape index (κ1) is 12.7. The van der Waals surface area contributed by atoms with Gasteiger partial charge < -0.3 is 14.6 Å². The van der Waals surface area contributed by atoms with E-state index in [1.54, 1.807) is 25.3 Å². The quantitative estimate of drug-likeness (QED) is 0.904. The lowest BCUT2D eigenvalue weighted by Gasteiger charge is -2.28. The molecule has 1 heterocycles. The van der Waals surface area contributed by atoms with E-state index in [0.29, 0.717) is 22.9 Å². The molecule has 1 aliphatic heterocycles. The highest BCUT2D eigenvalue weighted by Crippen LogP contribution is 2.33. The fourth-order valence-electron chi connectivity index (χ4n) is 2.15. The number of methoxy groups -OCH3 is 1. The predicted octanol–water partition coefficient (Wildman–Crippen LogP) is 2.95. The fourth-order valence-corrected chi connectivity index (χ4v) is 2.33. The Hall–Kier alpha value is -0.770. The number of aliphatic hydroxyl groups excluding tert-OH is 1. The molecule has 1 aromatic rings. The molecule has 0 saturated carbocycles. The van der Waals surface area contributed by atoms with Crippen molar-refractivity contribution in [3.63, 3.8) is 0 Å². The van der Waals surface area contributed by atoms with Crippen LogP contribution in [0.3, 0.4) is 0 Å². The Morgan fingerprint density at radius 2 is 2.29 bits per heavy atom. The zero-order chi connectivity index (χ0) is 12.3. The SMILES string of the molecule is COc1ccc(Cl)cc1C(O)C1CCCCO1. The van der Waals surface area contributed by atoms with E-state index in [9.17, 15) is 5.11 Å². The molecule has 2 unspecified atom stereocenters. The van der Waals surface area contributed by atoms with E-state index < -0.39 is 6.10 Å². The summed E-state index contributed by atoms with van der Waals surface area (Å²) in [4.78, 5) is 0. The molecule has 0 spiro atoms. The topological polar surface area (TPSA) is 38.7 Å². The fraction of sp³-hybridized carbons (Fsp3) is 0.538. The largest absolute Gasteiger partial charge is 0.496 e. The minimum atomic E-state index is -0.677. The van der Waals surface area contributed by atoms with E-state index in [1.807, 2.05) is 0 Å². The predicted molar refractivity (Wildman–Crippen MR) is 66.6 cm³/mol. The summed E-state index contributed by atoms with van der Waals surface area (Å²) in [5, 5.41) is 10.9. The van der Waals surface area contributed by atoms with Gasteiger partial charge in [0.2, 0.25) is 0 Å². The van der Waals surface area contributed by atoms with Gasteiger partial charge in [-0.3, -0.25) is 0 Å². The van der Waals surface area contributed by atoms with Crippen molar-refractivity contribution < 1.29 is 14.6 Å². The van der Waals surface area contributed by atoms with Gasteiger partial charge in [-0.1, -0.05) is 11.6 Å². The molecule has 1 fully saturated rings. The molecule has 0 radical (unpaired) electrons. The number of halogens is 1. The monoisotopic (exact) mass is 256 g/mol. The molecule has 1 saturated heterocycles. The van der Waals surface area contributed by atoms with Crippen molar-refractivity contribution in [2.24, 2.45) is 0 Å². The van der Waals surface area contributed by atoms with Gasteiger partial charge in [-0.15, -0.1) is 0 Å². The maximum Gasteiger partial charge on any atom is 0.124 e. The van der Waals surface area contributed by atoms with Crippen LogP contribution in [0.1, 0.15) is 30.9 Å². The van der Waals surface area contributed by atoms with Crippen LogP contribution in [-0.4, -0.2) is 24.9 Å². The highest BCUT2D eigenvalue weighted by molar-refractivity contribution is 6.30. The minimum absolute atomic E-state index is 0.156. The maximum absolute atomic E-state index is 10.3. The van der Waals surface area contributed by atoms with Gasteiger partial charge >= 0.3 is 0 Å². The molecule has 1 aromatic carbocycles. The molecule has 1 aliphatic rings. The molecule has 3 nitrogen and oxygen atoms in total. The third kappa shape index (κ3) is 2.92. The molecule has 0 bridgehead atoms. The Bertz CT molecular complexity index is 375. The van der Waals surface area contributed by atoms with E-state index in [4.69, 9.17) is 21.1 Å². The molecule has 0 aromatic heterocycles. The number of hydrogen-bond donors (Lipinski definition) is 1. The molecular formula is C13H17ClO3. The van der Waals surface area contributed by atoms with Crippen molar-refractivity contribution in [3.8, 4) is 5.75 Å². The van der Waals surface area contributed by atoms with Crippen molar-refractivity contribution in [1.29, 1.82) is 0 Å². The Morgan fingerprint density at radius 3 is 2.94 bits per heavy atom. The van der Waals surface area contributed by atoms with Crippen LogP contribution < -0.4 is 4.74 Å². The van der Waals surface area contributed by atoms with Crippen LogP contribution in [-0.2, 0) is 4.74 Å². The van der Waals surface area contributed by atoms with E-state index in [2.05, 4.69) is 0 Å². The number of ether oxygens (including phenoxy) is 2. The number of hydrogen-bond acceptors (Lipinski definition) is 3. The first-order valence-corrected chi connectivity index (χ1v) is 6.23. The van der Waals surface area contributed by atoms with Gasteiger partial charge in [-0.05, 0) is 37.5 Å². The van der Waals surface area contributed by atoms with Crippen molar-refractivity contribution in [1.82, 2.24) is 0 Å². The summed E-state index contributed by atoms with van der Waals surface area (Å²) in [5.74, 6) is 0.649. The smallest absolute Gasteiger partial charge is 0.124 e. The summed E-state index contributed by atoms with van der Waals surface area (Å²) in [6, 6.07) is 5.26. The second-order valence-corrected chi connectivity index (χ2v) is 4.67. The van der Waals surface area contributed by atoms with Gasteiger partial charge in [0.05, 0.1) is 13.2 Å². The molecule has 17 heavy (non-hydrogen) atoms. The number of aliphatic hydroxyl groups is 1. The van der Waals surface area contributed by atoms with Crippen LogP contribution >= 0.6 is 11.6 Å².